The lowest BCUT2D eigenvalue weighted by molar-refractivity contribution is 0.282. The summed E-state index contributed by atoms with van der Waals surface area (Å²) in [5, 5.41) is 8.63. The molecule has 110 valence electrons. The number of rotatable bonds is 2. The molecule has 0 spiro atoms. The lowest BCUT2D eigenvalue weighted by Crippen LogP contribution is -1.80. The van der Waals surface area contributed by atoms with Crippen LogP contribution >= 0.6 is 0 Å². The van der Waals surface area contributed by atoms with E-state index in [-0.39, 0.29) is 6.61 Å². The summed E-state index contributed by atoms with van der Waals surface area (Å²) in [6.07, 6.45) is 1.14. The molecule has 0 radical (unpaired) electrons. The molecular weight excluding hydrogens is 244 g/mol. The van der Waals surface area contributed by atoms with Crippen molar-refractivity contribution in [2.45, 2.75) is 47.6 Å². The normalized spacial score (nSPS) is 8.90. The van der Waals surface area contributed by atoms with E-state index in [1.165, 1.54) is 16.7 Å². The van der Waals surface area contributed by atoms with Crippen molar-refractivity contribution in [2.75, 3.05) is 0 Å². The van der Waals surface area contributed by atoms with Gasteiger partial charge in [-0.3, -0.25) is 0 Å². The van der Waals surface area contributed by atoms with E-state index < -0.39 is 0 Å². The molecule has 2 aromatic rings. The highest BCUT2D eigenvalue weighted by atomic mass is 16.3. The Balaban J connectivity index is 0.000000321. The zero-order valence-corrected chi connectivity index (χ0v) is 13.5. The van der Waals surface area contributed by atoms with Gasteiger partial charge in [0.05, 0.1) is 6.61 Å². The number of hydrogen-bond donors (Lipinski definition) is 1. The molecule has 2 aromatic carbocycles. The summed E-state index contributed by atoms with van der Waals surface area (Å²) >= 11 is 0. The molecule has 1 N–H and O–H groups in total. The first kappa shape index (κ1) is 18.4. The molecule has 0 bridgehead atoms. The molecule has 20 heavy (non-hydrogen) atoms. The second kappa shape index (κ2) is 11.2. The Labute approximate surface area is 124 Å². The summed E-state index contributed by atoms with van der Waals surface area (Å²) in [6, 6.07) is 16.5. The molecule has 0 saturated carbocycles. The monoisotopic (exact) mass is 272 g/mol. The molecule has 2 rings (SSSR count). The lowest BCUT2D eigenvalue weighted by atomic mass is 10.1. The summed E-state index contributed by atoms with van der Waals surface area (Å²) < 4.78 is 0. The molecule has 0 aliphatic rings. The van der Waals surface area contributed by atoms with Gasteiger partial charge in [0.25, 0.3) is 0 Å². The molecule has 0 heterocycles. The maximum Gasteiger partial charge on any atom is 0.0681 e. The van der Waals surface area contributed by atoms with Gasteiger partial charge in [0.2, 0.25) is 0 Å². The van der Waals surface area contributed by atoms with Crippen molar-refractivity contribution in [3.05, 3.63) is 70.8 Å². The zero-order chi connectivity index (χ0) is 15.4. The third-order valence-corrected chi connectivity index (χ3v) is 2.83. The Morgan fingerprint density at radius 3 is 1.35 bits per heavy atom. The summed E-state index contributed by atoms with van der Waals surface area (Å²) in [4.78, 5) is 0. The van der Waals surface area contributed by atoms with Crippen LogP contribution in [0.15, 0.2) is 48.5 Å². The molecule has 0 atom stereocenters. The zero-order valence-electron chi connectivity index (χ0n) is 13.5. The molecule has 0 amide bonds. The standard InChI is InChI=1S/C9H12.C8H10O.C2H6/c1-3-9-6-4-8(2)5-7-9;1-7-2-4-8(6-9)5-3-7;1-2/h4-7H,3H2,1-2H3;2-5,9H,6H2,1H3;1-2H3. The molecular formula is C19H28O. The SMILES string of the molecule is CC.CCc1ccc(C)cc1.Cc1ccc(CO)cc1. The number of aliphatic hydroxyl groups is 1. The van der Waals surface area contributed by atoms with Crippen molar-refractivity contribution < 1.29 is 5.11 Å². The van der Waals surface area contributed by atoms with Crippen LogP contribution in [0, 0.1) is 13.8 Å². The summed E-state index contributed by atoms with van der Waals surface area (Å²) in [6.45, 7) is 10.4. The Kier molecular flexibility index (Phi) is 10.3. The number of hydrogen-bond acceptors (Lipinski definition) is 1. The predicted molar refractivity (Wildman–Crippen MR) is 89.0 cm³/mol. The third kappa shape index (κ3) is 7.75. The van der Waals surface area contributed by atoms with Crippen LogP contribution in [0.1, 0.15) is 43.0 Å². The molecule has 0 unspecified atom stereocenters. The van der Waals surface area contributed by atoms with E-state index in [0.29, 0.717) is 0 Å². The van der Waals surface area contributed by atoms with E-state index >= 15 is 0 Å². The molecule has 1 heteroatoms. The van der Waals surface area contributed by atoms with Crippen molar-refractivity contribution >= 4 is 0 Å². The van der Waals surface area contributed by atoms with Gasteiger partial charge in [0, 0.05) is 0 Å². The quantitative estimate of drug-likeness (QED) is 0.809. The van der Waals surface area contributed by atoms with Crippen molar-refractivity contribution in [3.8, 4) is 0 Å². The van der Waals surface area contributed by atoms with E-state index in [9.17, 15) is 0 Å². The Hall–Kier alpha value is -1.60. The van der Waals surface area contributed by atoms with Crippen LogP contribution in [0.3, 0.4) is 0 Å². The molecule has 0 aliphatic carbocycles. The first-order chi connectivity index (χ1) is 9.65. The topological polar surface area (TPSA) is 20.2 Å². The van der Waals surface area contributed by atoms with Crippen LogP contribution in [0.4, 0.5) is 0 Å². The second-order valence-corrected chi connectivity index (χ2v) is 4.48. The third-order valence-electron chi connectivity index (χ3n) is 2.83. The van der Waals surface area contributed by atoms with Crippen LogP contribution in [-0.2, 0) is 13.0 Å². The molecule has 0 aromatic heterocycles. The first-order valence-corrected chi connectivity index (χ1v) is 7.37. The highest BCUT2D eigenvalue weighted by Crippen LogP contribution is 2.02. The van der Waals surface area contributed by atoms with E-state index in [1.807, 2.05) is 45.0 Å². The summed E-state index contributed by atoms with van der Waals surface area (Å²) in [5.41, 5.74) is 4.96. The fourth-order valence-corrected chi connectivity index (χ4v) is 1.52. The van der Waals surface area contributed by atoms with Gasteiger partial charge >= 0.3 is 0 Å². The fraction of sp³-hybridized carbons (Fsp3) is 0.368. The second-order valence-electron chi connectivity index (χ2n) is 4.48. The predicted octanol–water partition coefficient (Wildman–Crippen LogP) is 5.07. The lowest BCUT2D eigenvalue weighted by Gasteiger charge is -1.94. The van der Waals surface area contributed by atoms with Crippen molar-refractivity contribution in [1.82, 2.24) is 0 Å². The van der Waals surface area contributed by atoms with Gasteiger partial charge < -0.3 is 5.11 Å². The van der Waals surface area contributed by atoms with E-state index in [4.69, 9.17) is 5.11 Å². The van der Waals surface area contributed by atoms with Gasteiger partial charge in [0.15, 0.2) is 0 Å². The van der Waals surface area contributed by atoms with E-state index in [0.717, 1.165) is 12.0 Å². The molecule has 0 fully saturated rings. The first-order valence-electron chi connectivity index (χ1n) is 7.37. The van der Waals surface area contributed by atoms with Crippen LogP contribution < -0.4 is 0 Å². The molecule has 0 saturated heterocycles. The summed E-state index contributed by atoms with van der Waals surface area (Å²) in [5.74, 6) is 0. The number of benzene rings is 2. The van der Waals surface area contributed by atoms with Crippen LogP contribution in [0.25, 0.3) is 0 Å². The van der Waals surface area contributed by atoms with E-state index in [1.54, 1.807) is 0 Å². The maximum absolute atomic E-state index is 8.63. The molecule has 0 aliphatic heterocycles. The van der Waals surface area contributed by atoms with Crippen molar-refractivity contribution in [1.29, 1.82) is 0 Å². The van der Waals surface area contributed by atoms with Crippen LogP contribution in [-0.4, -0.2) is 5.11 Å². The van der Waals surface area contributed by atoms with Crippen LogP contribution in [0.5, 0.6) is 0 Å². The Morgan fingerprint density at radius 2 is 1.05 bits per heavy atom. The van der Waals surface area contributed by atoms with Crippen molar-refractivity contribution in [3.63, 3.8) is 0 Å². The minimum Gasteiger partial charge on any atom is -0.392 e. The van der Waals surface area contributed by atoms with Gasteiger partial charge in [-0.05, 0) is 31.4 Å². The number of aryl methyl sites for hydroxylation is 3. The van der Waals surface area contributed by atoms with Gasteiger partial charge in [-0.25, -0.2) is 0 Å². The summed E-state index contributed by atoms with van der Waals surface area (Å²) in [7, 11) is 0. The Bertz CT molecular complexity index is 395. The number of aliphatic hydroxyl groups excluding tert-OH is 1. The highest BCUT2D eigenvalue weighted by Gasteiger charge is 1.86. The fourth-order valence-electron chi connectivity index (χ4n) is 1.52. The minimum absolute atomic E-state index is 0.139. The largest absolute Gasteiger partial charge is 0.392 e. The van der Waals surface area contributed by atoms with Gasteiger partial charge in [-0.1, -0.05) is 80.4 Å². The van der Waals surface area contributed by atoms with Gasteiger partial charge in [-0.15, -0.1) is 0 Å². The van der Waals surface area contributed by atoms with Crippen LogP contribution in [0.2, 0.25) is 0 Å². The minimum atomic E-state index is 0.139. The van der Waals surface area contributed by atoms with Gasteiger partial charge in [-0.2, -0.15) is 0 Å². The molecule has 1 nitrogen and oxygen atoms in total. The Morgan fingerprint density at radius 1 is 0.700 bits per heavy atom. The average Bonchev–Trinajstić information content (AvgIpc) is 2.51. The van der Waals surface area contributed by atoms with Gasteiger partial charge in [0.1, 0.15) is 0 Å². The maximum atomic E-state index is 8.63. The van der Waals surface area contributed by atoms with E-state index in [2.05, 4.69) is 38.1 Å². The smallest absolute Gasteiger partial charge is 0.0681 e. The highest BCUT2D eigenvalue weighted by molar-refractivity contribution is 5.21. The average molecular weight is 272 g/mol. The van der Waals surface area contributed by atoms with Crippen molar-refractivity contribution in [2.24, 2.45) is 0 Å².